The molecule has 39 heavy (non-hydrogen) atoms. The number of hydrogen-bond acceptors (Lipinski definition) is 5. The summed E-state index contributed by atoms with van der Waals surface area (Å²) in [7, 11) is 1.83. The fourth-order valence-corrected chi connectivity index (χ4v) is 4.55. The van der Waals surface area contributed by atoms with E-state index in [4.69, 9.17) is 12.0 Å². The number of allylic oxidation sites excluding steroid dienone is 4. The van der Waals surface area contributed by atoms with E-state index < -0.39 is 5.91 Å². The van der Waals surface area contributed by atoms with Crippen molar-refractivity contribution in [2.24, 2.45) is 13.0 Å². The summed E-state index contributed by atoms with van der Waals surface area (Å²) in [5, 5.41) is 17.7. The van der Waals surface area contributed by atoms with Gasteiger partial charge in [0.1, 0.15) is 0 Å². The number of aryl methyl sites for hydroxylation is 2. The minimum Gasteiger partial charge on any atom is -0.362 e. The average Bonchev–Trinajstić information content (AvgIpc) is 3.53. The Morgan fingerprint density at radius 1 is 1.33 bits per heavy atom. The molecule has 2 heterocycles. The van der Waals surface area contributed by atoms with Crippen molar-refractivity contribution in [2.45, 2.75) is 53.0 Å². The molecule has 1 aliphatic rings. The Balaban J connectivity index is 0.00000533. The standard InChI is InChI=1S/C30H38N6O2.Na/c1-7-36-14-8-9-27(36)16-29(37)33-26-13-11-21(3)28(15-26)34-30(38)24(17-31)12-10-20(2)22(4)23(5)25-18-32-35(6)19-25;/h5,10-11,13,15,17-19,22,27,31H,7-9,14,16H2,1-4,6H3,(H,33,37)(H,34,38);/q-2;+1/b20-10-,31-17?;. The van der Waals surface area contributed by atoms with Crippen LogP contribution in [0.5, 0.6) is 0 Å². The van der Waals surface area contributed by atoms with Gasteiger partial charge in [0.15, 0.2) is 5.91 Å². The second kappa shape index (κ2) is 15.1. The van der Waals surface area contributed by atoms with Crippen LogP contribution in [0.2, 0.25) is 0 Å². The molecule has 1 aromatic carbocycles. The zero-order valence-corrected chi connectivity index (χ0v) is 26.0. The van der Waals surface area contributed by atoms with E-state index in [2.05, 4.69) is 33.6 Å². The van der Waals surface area contributed by atoms with Gasteiger partial charge < -0.3 is 25.7 Å². The average molecular weight is 538 g/mol. The Morgan fingerprint density at radius 2 is 2.08 bits per heavy atom. The Labute approximate surface area is 254 Å². The molecule has 0 radical (unpaired) electrons. The van der Waals surface area contributed by atoms with Gasteiger partial charge in [-0.1, -0.05) is 44.5 Å². The molecule has 0 saturated carbocycles. The normalized spacial score (nSPS) is 16.8. The van der Waals surface area contributed by atoms with Crippen molar-refractivity contribution < 1.29 is 39.1 Å². The predicted molar refractivity (Wildman–Crippen MR) is 153 cm³/mol. The van der Waals surface area contributed by atoms with Gasteiger partial charge in [0, 0.05) is 30.9 Å². The Morgan fingerprint density at radius 3 is 2.72 bits per heavy atom. The Hall–Kier alpha value is -2.78. The zero-order valence-electron chi connectivity index (χ0n) is 24.0. The van der Waals surface area contributed by atoms with E-state index in [1.54, 1.807) is 23.0 Å². The molecule has 2 atom stereocenters. The zero-order chi connectivity index (χ0) is 27.8. The molecular weight excluding hydrogens is 499 g/mol. The van der Waals surface area contributed by atoms with Crippen molar-refractivity contribution in [3.05, 3.63) is 71.6 Å². The van der Waals surface area contributed by atoms with Crippen molar-refractivity contribution in [1.29, 1.82) is 5.41 Å². The van der Waals surface area contributed by atoms with E-state index in [-0.39, 0.29) is 53.0 Å². The molecule has 2 amide bonds. The van der Waals surface area contributed by atoms with Gasteiger partial charge in [0.2, 0.25) is 5.91 Å². The van der Waals surface area contributed by atoms with E-state index in [1.165, 1.54) is 0 Å². The molecular formula is C30H38N6NaO2-. The molecule has 3 N–H and O–H groups in total. The Kier molecular flexibility index (Phi) is 12.6. The van der Waals surface area contributed by atoms with E-state index >= 15 is 0 Å². The van der Waals surface area contributed by atoms with Crippen molar-refractivity contribution in [3.63, 3.8) is 0 Å². The van der Waals surface area contributed by atoms with Crippen molar-refractivity contribution in [3.8, 4) is 0 Å². The summed E-state index contributed by atoms with van der Waals surface area (Å²) in [4.78, 5) is 27.9. The summed E-state index contributed by atoms with van der Waals surface area (Å²) in [6.07, 6.45) is 11.8. The minimum atomic E-state index is -0.461. The smallest absolute Gasteiger partial charge is 0.362 e. The monoisotopic (exact) mass is 537 g/mol. The molecule has 1 fully saturated rings. The largest absolute Gasteiger partial charge is 1.00 e. The van der Waals surface area contributed by atoms with Gasteiger partial charge in [0.05, 0.1) is 0 Å². The van der Waals surface area contributed by atoms with Crippen LogP contribution in [-0.2, 0) is 16.6 Å². The number of nitrogens with zero attached hydrogens (tertiary/aromatic N) is 3. The number of likely N-dealkylation sites (tertiary alicyclic amines) is 1. The molecule has 0 spiro atoms. The van der Waals surface area contributed by atoms with Gasteiger partial charge >= 0.3 is 29.6 Å². The van der Waals surface area contributed by atoms with Gasteiger partial charge in [0.25, 0.3) is 0 Å². The SMILES string of the molecule is [CH-]=C(c1cnn(C)c1)C(C)/C(C)=C\[C-]=C(C=N)C(=O)Nc1cc(NC(=O)CC2CCCN2CC)ccc1C.[Na+]. The number of anilines is 2. The summed E-state index contributed by atoms with van der Waals surface area (Å²) < 4.78 is 1.69. The number of aromatic nitrogens is 2. The maximum atomic E-state index is 12.9. The third-order valence-corrected chi connectivity index (χ3v) is 7.13. The van der Waals surface area contributed by atoms with Crippen LogP contribution in [0, 0.1) is 30.9 Å². The van der Waals surface area contributed by atoms with Crippen LogP contribution in [-0.4, -0.2) is 51.8 Å². The van der Waals surface area contributed by atoms with Crippen LogP contribution in [0.1, 0.15) is 51.2 Å². The first-order valence-electron chi connectivity index (χ1n) is 13.0. The summed E-state index contributed by atoms with van der Waals surface area (Å²) in [6, 6.07) is 5.69. The molecule has 1 aliphatic heterocycles. The first kappa shape index (κ1) is 32.4. The summed E-state index contributed by atoms with van der Waals surface area (Å²) in [5.41, 5.74) is 4.50. The van der Waals surface area contributed by atoms with E-state index in [0.29, 0.717) is 23.4 Å². The summed E-state index contributed by atoms with van der Waals surface area (Å²) >= 11 is 0. The first-order chi connectivity index (χ1) is 18.1. The van der Waals surface area contributed by atoms with Crippen molar-refractivity contribution in [1.82, 2.24) is 14.7 Å². The number of carbonyl (C=O) groups is 2. The van der Waals surface area contributed by atoms with Crippen LogP contribution < -0.4 is 40.2 Å². The second-order valence-electron chi connectivity index (χ2n) is 9.83. The van der Waals surface area contributed by atoms with Crippen LogP contribution in [0.15, 0.2) is 47.8 Å². The van der Waals surface area contributed by atoms with Gasteiger partial charge in [-0.2, -0.15) is 0 Å². The molecule has 0 aliphatic carbocycles. The van der Waals surface area contributed by atoms with Gasteiger partial charge in [-0.15, -0.1) is 23.3 Å². The van der Waals surface area contributed by atoms with Gasteiger partial charge in [-0.3, -0.25) is 16.1 Å². The molecule has 1 saturated heterocycles. The van der Waals surface area contributed by atoms with E-state index in [1.807, 2.05) is 46.1 Å². The summed E-state index contributed by atoms with van der Waals surface area (Å²) in [6.45, 7) is 16.2. The first-order valence-corrected chi connectivity index (χ1v) is 13.0. The maximum absolute atomic E-state index is 12.9. The number of carbonyl (C=O) groups excluding carboxylic acids is 2. The molecule has 3 rings (SSSR count). The van der Waals surface area contributed by atoms with Gasteiger partial charge in [-0.05, 0) is 62.9 Å². The van der Waals surface area contributed by atoms with Crippen LogP contribution >= 0.6 is 0 Å². The molecule has 1 aromatic heterocycles. The molecule has 9 heteroatoms. The third-order valence-electron chi connectivity index (χ3n) is 7.13. The number of hydrogen-bond donors (Lipinski definition) is 3. The number of nitrogens with one attached hydrogen (secondary N) is 3. The van der Waals surface area contributed by atoms with Crippen LogP contribution in [0.4, 0.5) is 11.4 Å². The van der Waals surface area contributed by atoms with Crippen LogP contribution in [0.25, 0.3) is 5.57 Å². The molecule has 0 bridgehead atoms. The fourth-order valence-electron chi connectivity index (χ4n) is 4.55. The molecule has 202 valence electrons. The number of rotatable bonds is 11. The van der Waals surface area contributed by atoms with Crippen molar-refractivity contribution in [2.75, 3.05) is 23.7 Å². The maximum Gasteiger partial charge on any atom is 1.00 e. The minimum absolute atomic E-state index is 0. The topological polar surface area (TPSA) is 103 Å². The molecule has 2 unspecified atom stereocenters. The van der Waals surface area contributed by atoms with Crippen LogP contribution in [0.3, 0.4) is 0 Å². The molecule has 8 nitrogen and oxygen atoms in total. The number of benzene rings is 1. The number of amides is 2. The molecule has 2 aromatic rings. The van der Waals surface area contributed by atoms with E-state index in [0.717, 1.165) is 48.8 Å². The van der Waals surface area contributed by atoms with E-state index in [9.17, 15) is 9.59 Å². The quantitative estimate of drug-likeness (QED) is 0.134. The predicted octanol–water partition coefficient (Wildman–Crippen LogP) is 1.96. The third kappa shape index (κ3) is 8.86. The Bertz CT molecular complexity index is 1260. The van der Waals surface area contributed by atoms with Gasteiger partial charge in [-0.25, -0.2) is 10.7 Å². The fraction of sp³-hybridized carbons (Fsp3) is 0.400. The summed E-state index contributed by atoms with van der Waals surface area (Å²) in [5.74, 6) is -0.600. The second-order valence-corrected chi connectivity index (χ2v) is 9.83. The van der Waals surface area contributed by atoms with Crippen molar-refractivity contribution >= 4 is 35.0 Å².